The van der Waals surface area contributed by atoms with Gasteiger partial charge in [-0.2, -0.15) is 0 Å². The second kappa shape index (κ2) is 7.27. The highest BCUT2D eigenvalue weighted by Gasteiger charge is 2.26. The molecule has 1 aromatic rings. The van der Waals surface area contributed by atoms with E-state index < -0.39 is 0 Å². The molecule has 0 saturated carbocycles. The lowest BCUT2D eigenvalue weighted by Crippen LogP contribution is -2.41. The van der Waals surface area contributed by atoms with Crippen molar-refractivity contribution in [3.63, 3.8) is 0 Å². The number of rotatable bonds is 4. The fourth-order valence-corrected chi connectivity index (χ4v) is 3.83. The van der Waals surface area contributed by atoms with Gasteiger partial charge in [-0.1, -0.05) is 32.3 Å². The van der Waals surface area contributed by atoms with Crippen LogP contribution < -0.4 is 5.73 Å². The Morgan fingerprint density at radius 2 is 1.89 bits per heavy atom. The molecular formula is C15H26N2S. The molecule has 0 spiro atoms. The number of hydrogen-bond donors (Lipinski definition) is 1. The number of nitrogens with two attached hydrogens (primary N) is 1. The van der Waals surface area contributed by atoms with Gasteiger partial charge >= 0.3 is 0 Å². The summed E-state index contributed by atoms with van der Waals surface area (Å²) in [6.07, 6.45) is 7.90. The molecule has 1 aromatic heterocycles. The molecule has 2 rings (SSSR count). The third kappa shape index (κ3) is 3.56. The molecule has 2 unspecified atom stereocenters. The first-order chi connectivity index (χ1) is 8.83. The summed E-state index contributed by atoms with van der Waals surface area (Å²) in [5.41, 5.74) is 6.39. The van der Waals surface area contributed by atoms with Gasteiger partial charge in [0.15, 0.2) is 0 Å². The molecular weight excluding hydrogens is 240 g/mol. The van der Waals surface area contributed by atoms with E-state index in [9.17, 15) is 0 Å². The quantitative estimate of drug-likeness (QED) is 0.898. The van der Waals surface area contributed by atoms with Crippen molar-refractivity contribution in [2.24, 2.45) is 5.73 Å². The van der Waals surface area contributed by atoms with E-state index in [0.717, 1.165) is 6.42 Å². The van der Waals surface area contributed by atoms with Crippen molar-refractivity contribution in [3.05, 3.63) is 22.4 Å². The highest BCUT2D eigenvalue weighted by atomic mass is 32.1. The fraction of sp³-hybridized carbons (Fsp3) is 0.733. The Hall–Kier alpha value is -0.380. The first-order valence-electron chi connectivity index (χ1n) is 7.36. The summed E-state index contributed by atoms with van der Waals surface area (Å²) < 4.78 is 0. The van der Waals surface area contributed by atoms with Gasteiger partial charge in [0, 0.05) is 10.9 Å². The Balaban J connectivity index is 2.11. The third-order valence-corrected chi connectivity index (χ3v) is 4.94. The summed E-state index contributed by atoms with van der Waals surface area (Å²) in [5, 5.41) is 2.18. The molecule has 2 nitrogen and oxygen atoms in total. The highest BCUT2D eigenvalue weighted by Crippen LogP contribution is 2.30. The maximum atomic E-state index is 6.39. The van der Waals surface area contributed by atoms with Crippen LogP contribution in [0.2, 0.25) is 0 Å². The molecule has 0 radical (unpaired) electrons. The maximum Gasteiger partial charge on any atom is 0.0593 e. The van der Waals surface area contributed by atoms with Gasteiger partial charge in [-0.25, -0.2) is 0 Å². The highest BCUT2D eigenvalue weighted by molar-refractivity contribution is 7.10. The van der Waals surface area contributed by atoms with Crippen molar-refractivity contribution in [1.29, 1.82) is 0 Å². The van der Waals surface area contributed by atoms with Crippen molar-refractivity contribution < 1.29 is 0 Å². The van der Waals surface area contributed by atoms with E-state index in [4.69, 9.17) is 5.73 Å². The van der Waals surface area contributed by atoms with Gasteiger partial charge in [0.2, 0.25) is 0 Å². The zero-order valence-corrected chi connectivity index (χ0v) is 12.3. The Bertz CT molecular complexity index is 315. The molecule has 18 heavy (non-hydrogen) atoms. The second-order valence-electron chi connectivity index (χ2n) is 5.34. The van der Waals surface area contributed by atoms with Crippen LogP contribution in [0.25, 0.3) is 0 Å². The van der Waals surface area contributed by atoms with Crippen LogP contribution in [0.15, 0.2) is 17.5 Å². The standard InChI is InChI=1S/C15H26N2S/c1-2-13(16)15(14-9-8-12-18-14)17-10-6-4-3-5-7-11-17/h8-9,12-13,15H,2-7,10-11,16H2,1H3. The van der Waals surface area contributed by atoms with Crippen molar-refractivity contribution in [3.8, 4) is 0 Å². The van der Waals surface area contributed by atoms with E-state index in [1.165, 1.54) is 50.1 Å². The van der Waals surface area contributed by atoms with Gasteiger partial charge in [0.05, 0.1) is 6.04 Å². The Morgan fingerprint density at radius 3 is 2.44 bits per heavy atom. The molecule has 102 valence electrons. The maximum absolute atomic E-state index is 6.39. The molecule has 1 fully saturated rings. The molecule has 2 atom stereocenters. The molecule has 1 aliphatic heterocycles. The number of nitrogens with zero attached hydrogens (tertiary/aromatic N) is 1. The SMILES string of the molecule is CCC(N)C(c1cccs1)N1CCCCCCC1. The number of likely N-dealkylation sites (tertiary alicyclic amines) is 1. The molecule has 1 saturated heterocycles. The van der Waals surface area contributed by atoms with Crippen LogP contribution in [0.1, 0.15) is 56.4 Å². The summed E-state index contributed by atoms with van der Waals surface area (Å²) in [7, 11) is 0. The Kier molecular flexibility index (Phi) is 5.67. The molecule has 3 heteroatoms. The minimum Gasteiger partial charge on any atom is -0.326 e. The summed E-state index contributed by atoms with van der Waals surface area (Å²) in [5.74, 6) is 0. The number of thiophene rings is 1. The van der Waals surface area contributed by atoms with Gasteiger partial charge in [0.25, 0.3) is 0 Å². The van der Waals surface area contributed by atoms with Gasteiger partial charge in [-0.3, -0.25) is 4.90 Å². The van der Waals surface area contributed by atoms with E-state index in [-0.39, 0.29) is 6.04 Å². The summed E-state index contributed by atoms with van der Waals surface area (Å²) in [6, 6.07) is 5.11. The molecule has 0 bridgehead atoms. The van der Waals surface area contributed by atoms with E-state index in [2.05, 4.69) is 29.3 Å². The predicted molar refractivity (Wildman–Crippen MR) is 80.0 cm³/mol. The lowest BCUT2D eigenvalue weighted by atomic mass is 10.00. The molecule has 2 N–H and O–H groups in total. The van der Waals surface area contributed by atoms with E-state index in [1.54, 1.807) is 0 Å². The first-order valence-corrected chi connectivity index (χ1v) is 8.24. The van der Waals surface area contributed by atoms with E-state index in [0.29, 0.717) is 6.04 Å². The van der Waals surface area contributed by atoms with Crippen LogP contribution in [0.4, 0.5) is 0 Å². The van der Waals surface area contributed by atoms with Crippen LogP contribution in [0, 0.1) is 0 Å². The summed E-state index contributed by atoms with van der Waals surface area (Å²) in [4.78, 5) is 4.09. The minimum atomic E-state index is 0.267. The fourth-order valence-electron chi connectivity index (χ4n) is 2.89. The minimum absolute atomic E-state index is 0.267. The van der Waals surface area contributed by atoms with Crippen LogP contribution >= 0.6 is 11.3 Å². The summed E-state index contributed by atoms with van der Waals surface area (Å²) in [6.45, 7) is 4.64. The molecule has 0 aromatic carbocycles. The van der Waals surface area contributed by atoms with Crippen molar-refractivity contribution in [1.82, 2.24) is 4.90 Å². The monoisotopic (exact) mass is 266 g/mol. The predicted octanol–water partition coefficient (Wildman–Crippen LogP) is 3.79. The van der Waals surface area contributed by atoms with Gasteiger partial charge in [-0.15, -0.1) is 11.3 Å². The van der Waals surface area contributed by atoms with Crippen LogP contribution in [0.5, 0.6) is 0 Å². The third-order valence-electron chi connectivity index (χ3n) is 4.00. The van der Waals surface area contributed by atoms with E-state index >= 15 is 0 Å². The zero-order valence-electron chi connectivity index (χ0n) is 11.5. The van der Waals surface area contributed by atoms with Crippen molar-refractivity contribution in [2.75, 3.05) is 13.1 Å². The number of hydrogen-bond acceptors (Lipinski definition) is 3. The van der Waals surface area contributed by atoms with Gasteiger partial charge < -0.3 is 5.73 Å². The van der Waals surface area contributed by atoms with Crippen molar-refractivity contribution >= 4 is 11.3 Å². The first kappa shape index (κ1) is 14.0. The normalized spacial score (nSPS) is 22.1. The van der Waals surface area contributed by atoms with Gasteiger partial charge in [-0.05, 0) is 43.8 Å². The van der Waals surface area contributed by atoms with Crippen LogP contribution in [-0.2, 0) is 0 Å². The topological polar surface area (TPSA) is 29.3 Å². The van der Waals surface area contributed by atoms with E-state index in [1.807, 2.05) is 11.3 Å². The lowest BCUT2D eigenvalue weighted by molar-refractivity contribution is 0.157. The molecule has 0 aliphatic carbocycles. The largest absolute Gasteiger partial charge is 0.326 e. The van der Waals surface area contributed by atoms with Crippen LogP contribution in [-0.4, -0.2) is 24.0 Å². The average Bonchev–Trinajstić information content (AvgIpc) is 2.85. The van der Waals surface area contributed by atoms with Crippen LogP contribution in [0.3, 0.4) is 0 Å². The molecule has 1 aliphatic rings. The Labute approximate surface area is 115 Å². The zero-order chi connectivity index (χ0) is 12.8. The summed E-state index contributed by atoms with van der Waals surface area (Å²) >= 11 is 1.86. The average molecular weight is 266 g/mol. The lowest BCUT2D eigenvalue weighted by Gasteiger charge is -2.35. The molecule has 2 heterocycles. The van der Waals surface area contributed by atoms with Crippen molar-refractivity contribution in [2.45, 2.75) is 57.5 Å². The smallest absolute Gasteiger partial charge is 0.0593 e. The Morgan fingerprint density at radius 1 is 1.22 bits per heavy atom. The van der Waals surface area contributed by atoms with Gasteiger partial charge in [0.1, 0.15) is 0 Å². The second-order valence-corrected chi connectivity index (χ2v) is 6.32. The molecule has 0 amide bonds.